The highest BCUT2D eigenvalue weighted by Crippen LogP contribution is 2.26. The van der Waals surface area contributed by atoms with Crippen molar-refractivity contribution in [2.75, 3.05) is 7.11 Å². The molecule has 2 heterocycles. The normalized spacial score (nSPS) is 10.8. The summed E-state index contributed by atoms with van der Waals surface area (Å²) in [6.45, 7) is 0. The molecule has 2 aromatic heterocycles. The van der Waals surface area contributed by atoms with Crippen molar-refractivity contribution in [3.63, 3.8) is 0 Å². The number of methoxy groups -OCH3 is 1. The number of aryl methyl sites for hydroxylation is 1. The number of carbonyl (C=O) groups is 1. The fourth-order valence-corrected chi connectivity index (χ4v) is 2.61. The summed E-state index contributed by atoms with van der Waals surface area (Å²) in [4.78, 5) is 40.9. The van der Waals surface area contributed by atoms with E-state index >= 15 is 0 Å². The first kappa shape index (κ1) is 15.7. The smallest absolute Gasteiger partial charge is 0.356 e. The van der Waals surface area contributed by atoms with Gasteiger partial charge in [0, 0.05) is 19.7 Å². The number of aromatic nitrogens is 3. The zero-order chi connectivity index (χ0) is 17.4. The third kappa shape index (κ3) is 2.30. The van der Waals surface area contributed by atoms with Gasteiger partial charge in [-0.3, -0.25) is 13.9 Å². The molecule has 3 aromatic rings. The lowest BCUT2D eigenvalue weighted by Gasteiger charge is -2.12. The third-order valence-corrected chi connectivity index (χ3v) is 3.89. The van der Waals surface area contributed by atoms with E-state index in [0.717, 1.165) is 10.1 Å². The van der Waals surface area contributed by atoms with Crippen LogP contribution in [0.25, 0.3) is 22.2 Å². The molecule has 0 bridgehead atoms. The summed E-state index contributed by atoms with van der Waals surface area (Å²) < 4.78 is 7.00. The van der Waals surface area contributed by atoms with Crippen molar-refractivity contribution in [2.45, 2.75) is 0 Å². The van der Waals surface area contributed by atoms with Gasteiger partial charge in [0.05, 0.1) is 12.5 Å². The molecule has 24 heavy (non-hydrogen) atoms. The van der Waals surface area contributed by atoms with E-state index < -0.39 is 17.2 Å². The number of rotatable bonds is 2. The summed E-state index contributed by atoms with van der Waals surface area (Å²) in [5.74, 6) is -0.637. The van der Waals surface area contributed by atoms with Crippen molar-refractivity contribution in [2.24, 2.45) is 14.1 Å². The Labute approximate surface area is 136 Å². The molecule has 0 fully saturated rings. The van der Waals surface area contributed by atoms with Gasteiger partial charge in [-0.1, -0.05) is 30.3 Å². The molecule has 1 aromatic carbocycles. The Morgan fingerprint density at radius 1 is 1.08 bits per heavy atom. The quantitative estimate of drug-likeness (QED) is 0.659. The Balaban J connectivity index is 2.55. The summed E-state index contributed by atoms with van der Waals surface area (Å²) in [5.41, 5.74) is 0.469. The third-order valence-electron chi connectivity index (χ3n) is 3.89. The minimum Gasteiger partial charge on any atom is -0.464 e. The highest BCUT2D eigenvalue weighted by atomic mass is 16.5. The maximum atomic E-state index is 12.6. The number of hydrogen-bond donors (Lipinski definition) is 0. The van der Waals surface area contributed by atoms with Gasteiger partial charge >= 0.3 is 11.7 Å². The lowest BCUT2D eigenvalue weighted by Crippen LogP contribution is -2.37. The first-order chi connectivity index (χ1) is 11.5. The molecule has 0 amide bonds. The lowest BCUT2D eigenvalue weighted by molar-refractivity contribution is 0.0594. The summed E-state index contributed by atoms with van der Waals surface area (Å²) in [5, 5.41) is 0.276. The van der Waals surface area contributed by atoms with E-state index in [-0.39, 0.29) is 16.7 Å². The van der Waals surface area contributed by atoms with Crippen LogP contribution in [0.5, 0.6) is 0 Å². The first-order valence-corrected chi connectivity index (χ1v) is 7.20. The Bertz CT molecular complexity index is 1070. The van der Waals surface area contributed by atoms with Crippen molar-refractivity contribution in [3.8, 4) is 11.1 Å². The van der Waals surface area contributed by atoms with Crippen LogP contribution in [-0.4, -0.2) is 27.2 Å². The van der Waals surface area contributed by atoms with Crippen LogP contribution < -0.4 is 11.2 Å². The molecule has 7 heteroatoms. The largest absolute Gasteiger partial charge is 0.464 e. The number of ether oxygens (including phenoxy) is 1. The molecule has 0 aliphatic carbocycles. The van der Waals surface area contributed by atoms with E-state index in [4.69, 9.17) is 4.74 Å². The van der Waals surface area contributed by atoms with Crippen LogP contribution in [0, 0.1) is 0 Å². The van der Waals surface area contributed by atoms with Gasteiger partial charge < -0.3 is 4.74 Å². The molecular formula is C17H15N3O4. The van der Waals surface area contributed by atoms with Crippen LogP contribution in [0.1, 0.15) is 10.5 Å². The van der Waals surface area contributed by atoms with E-state index in [1.54, 1.807) is 0 Å². The monoisotopic (exact) mass is 325 g/mol. The molecule has 0 saturated carbocycles. The highest BCUT2D eigenvalue weighted by molar-refractivity contribution is 5.98. The fourth-order valence-electron chi connectivity index (χ4n) is 2.61. The maximum Gasteiger partial charge on any atom is 0.356 e. The van der Waals surface area contributed by atoms with Gasteiger partial charge in [0.1, 0.15) is 0 Å². The van der Waals surface area contributed by atoms with Crippen molar-refractivity contribution in [1.29, 1.82) is 0 Å². The van der Waals surface area contributed by atoms with E-state index in [1.807, 2.05) is 30.3 Å². The molecule has 0 saturated heterocycles. The van der Waals surface area contributed by atoms with Crippen LogP contribution in [0.4, 0.5) is 0 Å². The average molecular weight is 325 g/mol. The Morgan fingerprint density at radius 2 is 1.75 bits per heavy atom. The van der Waals surface area contributed by atoms with Crippen LogP contribution >= 0.6 is 0 Å². The molecule has 0 atom stereocenters. The number of hydrogen-bond acceptors (Lipinski definition) is 5. The number of pyridine rings is 1. The standard InChI is InChI=1S/C17H15N3O4/c1-19-14-13(15(21)20(2)17(19)23)11(10-7-5-4-6-8-10)9-12(18-14)16(22)24-3/h4-9H,1-3H3. The number of fused-ring (bicyclic) bond motifs is 1. The van der Waals surface area contributed by atoms with Crippen LogP contribution in [-0.2, 0) is 18.8 Å². The predicted octanol–water partition coefficient (Wildman–Crippen LogP) is 1.09. The zero-order valence-corrected chi connectivity index (χ0v) is 13.4. The van der Waals surface area contributed by atoms with E-state index in [0.29, 0.717) is 5.56 Å². The number of carbonyl (C=O) groups excluding carboxylic acids is 1. The number of benzene rings is 1. The number of nitrogens with zero attached hydrogens (tertiary/aromatic N) is 3. The molecule has 7 nitrogen and oxygen atoms in total. The predicted molar refractivity (Wildman–Crippen MR) is 89.0 cm³/mol. The second-order valence-corrected chi connectivity index (χ2v) is 5.32. The lowest BCUT2D eigenvalue weighted by atomic mass is 10.0. The van der Waals surface area contributed by atoms with Crippen LogP contribution in [0.3, 0.4) is 0 Å². The zero-order valence-electron chi connectivity index (χ0n) is 13.4. The second kappa shape index (κ2) is 5.77. The molecule has 3 rings (SSSR count). The second-order valence-electron chi connectivity index (χ2n) is 5.32. The van der Waals surface area contributed by atoms with E-state index in [2.05, 4.69) is 4.98 Å². The van der Waals surface area contributed by atoms with Crippen molar-refractivity contribution in [3.05, 3.63) is 62.9 Å². The van der Waals surface area contributed by atoms with Crippen molar-refractivity contribution >= 4 is 17.0 Å². The van der Waals surface area contributed by atoms with Gasteiger partial charge in [-0.05, 0) is 11.6 Å². The highest BCUT2D eigenvalue weighted by Gasteiger charge is 2.19. The molecule has 122 valence electrons. The minimum atomic E-state index is -0.637. The van der Waals surface area contributed by atoms with Gasteiger partial charge in [0.25, 0.3) is 5.56 Å². The van der Waals surface area contributed by atoms with Gasteiger partial charge in [0.2, 0.25) is 0 Å². The summed E-state index contributed by atoms with van der Waals surface area (Å²) in [6.07, 6.45) is 0. The van der Waals surface area contributed by atoms with Crippen LogP contribution in [0.2, 0.25) is 0 Å². The molecule has 0 N–H and O–H groups in total. The molecule has 0 radical (unpaired) electrons. The Hall–Kier alpha value is -3.22. The Kier molecular flexibility index (Phi) is 3.76. The number of esters is 1. The molecule has 0 spiro atoms. The summed E-state index contributed by atoms with van der Waals surface area (Å²) in [6, 6.07) is 10.6. The van der Waals surface area contributed by atoms with E-state index in [9.17, 15) is 14.4 Å². The van der Waals surface area contributed by atoms with Crippen LogP contribution in [0.15, 0.2) is 46.0 Å². The maximum absolute atomic E-state index is 12.6. The average Bonchev–Trinajstić information content (AvgIpc) is 2.63. The van der Waals surface area contributed by atoms with Gasteiger partial charge in [-0.25, -0.2) is 14.6 Å². The van der Waals surface area contributed by atoms with Gasteiger partial charge in [-0.15, -0.1) is 0 Å². The summed E-state index contributed by atoms with van der Waals surface area (Å²) in [7, 11) is 4.17. The van der Waals surface area contributed by atoms with Gasteiger partial charge in [0.15, 0.2) is 11.3 Å². The summed E-state index contributed by atoms with van der Waals surface area (Å²) >= 11 is 0. The SMILES string of the molecule is COC(=O)c1cc(-c2ccccc2)c2c(=O)n(C)c(=O)n(C)c2n1. The molecule has 0 aliphatic rings. The molecular weight excluding hydrogens is 310 g/mol. The Morgan fingerprint density at radius 3 is 2.38 bits per heavy atom. The fraction of sp³-hybridized carbons (Fsp3) is 0.176. The minimum absolute atomic E-state index is 0.0344. The first-order valence-electron chi connectivity index (χ1n) is 7.20. The van der Waals surface area contributed by atoms with E-state index in [1.165, 1.54) is 31.8 Å². The van der Waals surface area contributed by atoms with Gasteiger partial charge in [-0.2, -0.15) is 0 Å². The molecule has 0 aliphatic heterocycles. The van der Waals surface area contributed by atoms with Crippen molar-refractivity contribution in [1.82, 2.24) is 14.1 Å². The topological polar surface area (TPSA) is 83.2 Å². The van der Waals surface area contributed by atoms with Crippen molar-refractivity contribution < 1.29 is 9.53 Å². The molecule has 0 unspecified atom stereocenters.